The molecular weight excluding hydrogens is 354 g/mol. The van der Waals surface area contributed by atoms with Gasteiger partial charge >= 0.3 is 21.7 Å². The fourth-order valence-corrected chi connectivity index (χ4v) is 1.81. The van der Waals surface area contributed by atoms with Crippen LogP contribution in [-0.2, 0) is 28.1 Å². The first kappa shape index (κ1) is 33.5. The Hall–Kier alpha value is -0.0557. The van der Waals surface area contributed by atoms with Gasteiger partial charge in [0.05, 0.1) is 0 Å². The van der Waals surface area contributed by atoms with Crippen LogP contribution in [0.1, 0.15) is 67.9 Å². The van der Waals surface area contributed by atoms with Crippen molar-refractivity contribution in [2.75, 3.05) is 39.3 Å². The summed E-state index contributed by atoms with van der Waals surface area (Å²) in [5.74, 6) is 0. The van der Waals surface area contributed by atoms with Gasteiger partial charge in [0.15, 0.2) is 0 Å². The molecule has 152 valence electrons. The summed E-state index contributed by atoms with van der Waals surface area (Å²) >= 11 is 0. The van der Waals surface area contributed by atoms with Crippen LogP contribution >= 0.6 is 0 Å². The van der Waals surface area contributed by atoms with Crippen LogP contribution in [0.15, 0.2) is 24.3 Å². The first-order valence-electron chi connectivity index (χ1n) is 9.92. The van der Waals surface area contributed by atoms with E-state index < -0.39 is 0 Å². The van der Waals surface area contributed by atoms with E-state index in [0.717, 1.165) is 39.3 Å². The molecule has 26 heavy (non-hydrogen) atoms. The largest absolute Gasteiger partial charge is 4.00 e. The zero-order valence-electron chi connectivity index (χ0n) is 19.1. The van der Waals surface area contributed by atoms with Crippen molar-refractivity contribution in [3.8, 4) is 0 Å². The van der Waals surface area contributed by atoms with Gasteiger partial charge in [0, 0.05) is 0 Å². The predicted octanol–water partition coefficient (Wildman–Crippen LogP) is 7.19. The molecule has 1 aromatic rings. The second-order valence-electron chi connectivity index (χ2n) is 6.60. The van der Waals surface area contributed by atoms with Gasteiger partial charge in [-0.25, -0.2) is 12.1 Å². The molecule has 0 aliphatic carbocycles. The number of hydrogen-bond donors (Lipinski definition) is 0. The van der Waals surface area contributed by atoms with Crippen LogP contribution in [0.4, 0.5) is 0 Å². The number of hydrogen-bond acceptors (Lipinski definition) is 0. The maximum absolute atomic E-state index is 3.97. The third-order valence-electron chi connectivity index (χ3n) is 2.81. The first-order valence-corrected chi connectivity index (χ1v) is 9.92. The standard InChI is InChI=1S/C10H15.3C4H10N.Ti/c1-10(2,3)8-9-6-4-5-7-9;3*1-3-5-4-2;/h4-7H,8H2,1-3H3;3*3-4H2,1-2H3;/q4*-1;+4. The molecule has 0 N–H and O–H groups in total. The van der Waals surface area contributed by atoms with Crippen molar-refractivity contribution < 1.29 is 21.7 Å². The molecular formula is C22H45N3Ti. The average molecular weight is 399 g/mol. The number of nitrogens with zero attached hydrogens (tertiary/aromatic N) is 3. The van der Waals surface area contributed by atoms with Crippen molar-refractivity contribution in [2.24, 2.45) is 5.41 Å². The van der Waals surface area contributed by atoms with E-state index in [1.54, 1.807) is 0 Å². The van der Waals surface area contributed by atoms with Gasteiger partial charge in [0.25, 0.3) is 0 Å². The predicted molar refractivity (Wildman–Crippen MR) is 119 cm³/mol. The summed E-state index contributed by atoms with van der Waals surface area (Å²) in [6, 6.07) is 8.57. The van der Waals surface area contributed by atoms with Gasteiger partial charge in [-0.1, -0.05) is 68.7 Å². The minimum atomic E-state index is 0. The van der Waals surface area contributed by atoms with E-state index in [4.69, 9.17) is 0 Å². The topological polar surface area (TPSA) is 42.3 Å². The van der Waals surface area contributed by atoms with Crippen LogP contribution in [0.2, 0.25) is 0 Å². The van der Waals surface area contributed by atoms with Gasteiger partial charge < -0.3 is 16.0 Å². The molecule has 0 radical (unpaired) electrons. The molecule has 0 atom stereocenters. The molecule has 3 nitrogen and oxygen atoms in total. The normalized spacial score (nSPS) is 9.42. The molecule has 1 rings (SSSR count). The first-order chi connectivity index (χ1) is 11.8. The summed E-state index contributed by atoms with van der Waals surface area (Å²) in [7, 11) is 0. The molecule has 0 heterocycles. The van der Waals surface area contributed by atoms with Crippen molar-refractivity contribution in [1.29, 1.82) is 0 Å². The van der Waals surface area contributed by atoms with Gasteiger partial charge in [-0.15, -0.1) is 0 Å². The quantitative estimate of drug-likeness (QED) is 0.344. The Bertz CT molecular complexity index is 285. The Morgan fingerprint density at radius 2 is 0.885 bits per heavy atom. The van der Waals surface area contributed by atoms with Crippen molar-refractivity contribution in [3.05, 3.63) is 45.8 Å². The van der Waals surface area contributed by atoms with Crippen molar-refractivity contribution in [2.45, 2.75) is 68.7 Å². The smallest absolute Gasteiger partial charge is 0.663 e. The summed E-state index contributed by atoms with van der Waals surface area (Å²) in [5, 5.41) is 11.9. The third-order valence-corrected chi connectivity index (χ3v) is 2.81. The molecule has 0 aliphatic heterocycles. The van der Waals surface area contributed by atoms with Crippen molar-refractivity contribution >= 4 is 0 Å². The maximum atomic E-state index is 3.97. The van der Waals surface area contributed by atoms with E-state index in [1.807, 2.05) is 41.5 Å². The molecule has 0 spiro atoms. The maximum Gasteiger partial charge on any atom is 4.00 e. The van der Waals surface area contributed by atoms with Crippen LogP contribution in [0.25, 0.3) is 16.0 Å². The monoisotopic (exact) mass is 399 g/mol. The zero-order valence-corrected chi connectivity index (χ0v) is 20.7. The molecule has 0 saturated heterocycles. The Morgan fingerprint density at radius 1 is 0.615 bits per heavy atom. The Kier molecular flexibility index (Phi) is 35.0. The van der Waals surface area contributed by atoms with E-state index in [2.05, 4.69) is 61.0 Å². The van der Waals surface area contributed by atoms with E-state index >= 15 is 0 Å². The van der Waals surface area contributed by atoms with Crippen LogP contribution < -0.4 is 0 Å². The minimum absolute atomic E-state index is 0. The summed E-state index contributed by atoms with van der Waals surface area (Å²) in [5.41, 5.74) is 1.88. The molecule has 0 fully saturated rings. The van der Waals surface area contributed by atoms with Crippen molar-refractivity contribution in [1.82, 2.24) is 0 Å². The Balaban J connectivity index is -0.000000132. The van der Waals surface area contributed by atoms with Crippen LogP contribution in [-0.4, -0.2) is 39.3 Å². The fourth-order valence-electron chi connectivity index (χ4n) is 1.81. The van der Waals surface area contributed by atoms with E-state index in [1.165, 1.54) is 12.0 Å². The minimum Gasteiger partial charge on any atom is -0.663 e. The summed E-state index contributed by atoms with van der Waals surface area (Å²) < 4.78 is 0. The molecule has 0 aromatic heterocycles. The molecule has 0 aliphatic rings. The van der Waals surface area contributed by atoms with Crippen LogP contribution in [0, 0.1) is 5.41 Å². The summed E-state index contributed by atoms with van der Waals surface area (Å²) in [6.45, 7) is 24.9. The van der Waals surface area contributed by atoms with Gasteiger partial charge in [-0.2, -0.15) is 57.0 Å². The second-order valence-corrected chi connectivity index (χ2v) is 6.60. The molecule has 0 unspecified atom stereocenters. The van der Waals surface area contributed by atoms with E-state index in [-0.39, 0.29) is 21.7 Å². The summed E-state index contributed by atoms with van der Waals surface area (Å²) in [6.07, 6.45) is 1.18. The number of rotatable bonds is 7. The van der Waals surface area contributed by atoms with Gasteiger partial charge in [0.1, 0.15) is 0 Å². The molecule has 0 amide bonds. The molecule has 4 heteroatoms. The van der Waals surface area contributed by atoms with Crippen LogP contribution in [0.3, 0.4) is 0 Å². The van der Waals surface area contributed by atoms with Gasteiger partial charge in [0.2, 0.25) is 0 Å². The Morgan fingerprint density at radius 3 is 1.04 bits per heavy atom. The van der Waals surface area contributed by atoms with E-state index in [9.17, 15) is 0 Å². The third kappa shape index (κ3) is 39.1. The van der Waals surface area contributed by atoms with Gasteiger partial charge in [-0.05, 0) is 5.41 Å². The molecule has 0 bridgehead atoms. The van der Waals surface area contributed by atoms with Crippen molar-refractivity contribution in [3.63, 3.8) is 0 Å². The van der Waals surface area contributed by atoms with Crippen LogP contribution in [0.5, 0.6) is 0 Å². The summed E-state index contributed by atoms with van der Waals surface area (Å²) in [4.78, 5) is 0. The fraction of sp³-hybridized carbons (Fsp3) is 0.773. The molecule has 0 saturated carbocycles. The Labute approximate surface area is 180 Å². The van der Waals surface area contributed by atoms with E-state index in [0.29, 0.717) is 5.41 Å². The second kappa shape index (κ2) is 27.2. The van der Waals surface area contributed by atoms with Gasteiger partial charge in [-0.3, -0.25) is 0 Å². The SMILES string of the molecule is CC(C)(C)C[c-]1cccc1.CC[N-]CC.CC[N-]CC.CC[N-]CC.[Ti+4]. The average Bonchev–Trinajstić information content (AvgIpc) is 3.02. The molecule has 1 aromatic carbocycles. The zero-order chi connectivity index (χ0) is 20.0.